The van der Waals surface area contributed by atoms with Crippen LogP contribution in [0.15, 0.2) is 23.3 Å². The van der Waals surface area contributed by atoms with Gasteiger partial charge in [0.05, 0.1) is 5.60 Å². The van der Waals surface area contributed by atoms with Gasteiger partial charge >= 0.3 is 5.97 Å². The van der Waals surface area contributed by atoms with Crippen molar-refractivity contribution in [3.63, 3.8) is 0 Å². The highest BCUT2D eigenvalue weighted by Crippen LogP contribution is 2.53. The van der Waals surface area contributed by atoms with Gasteiger partial charge in [-0.2, -0.15) is 0 Å². The molecule has 2 aliphatic carbocycles. The van der Waals surface area contributed by atoms with Gasteiger partial charge < -0.3 is 7.80 Å². The minimum absolute atomic E-state index is 0.0743. The number of esters is 1. The molecule has 0 N–H and O–H groups in total. The maximum atomic E-state index is 11.8. The van der Waals surface area contributed by atoms with Gasteiger partial charge in [-0.15, -0.1) is 0 Å². The largest absolute Gasteiger partial charge is 0.458 e. The molecule has 19 heavy (non-hydrogen) atoms. The third kappa shape index (κ3) is 1.90. The molecule has 0 amide bonds. The molecule has 3 aliphatic rings. The van der Waals surface area contributed by atoms with Crippen LogP contribution in [0, 0.1) is 11.8 Å². The highest BCUT2D eigenvalue weighted by Gasteiger charge is 2.55. The minimum Gasteiger partial charge on any atom is -0.458 e. The van der Waals surface area contributed by atoms with Crippen molar-refractivity contribution in [2.24, 2.45) is 11.8 Å². The minimum atomic E-state index is -0.227. The van der Waals surface area contributed by atoms with Crippen molar-refractivity contribution in [2.75, 3.05) is 0 Å². The number of halogens is 1. The van der Waals surface area contributed by atoms with Crippen molar-refractivity contribution < 1.29 is 12.6 Å². The number of hydrogen-bond donors (Lipinski definition) is 0. The fourth-order valence-electron chi connectivity index (χ4n) is 3.98. The van der Waals surface area contributed by atoms with Gasteiger partial charge in [-0.3, -0.25) is 0 Å². The maximum absolute atomic E-state index is 11.8. The Kier molecular flexibility index (Phi) is 3.29. The van der Waals surface area contributed by atoms with Crippen LogP contribution in [-0.2, 0) is 12.6 Å². The molecule has 0 aromatic rings. The number of ether oxygens (including phenoxy) is 1. The molecule has 1 saturated carbocycles. The molecule has 1 aliphatic heterocycles. The van der Waals surface area contributed by atoms with E-state index >= 15 is 0 Å². The van der Waals surface area contributed by atoms with Crippen molar-refractivity contribution in [1.82, 2.24) is 0 Å². The first-order valence-electron chi connectivity index (χ1n) is 6.86. The Bertz CT molecular complexity index is 482. The van der Waals surface area contributed by atoms with Gasteiger partial charge in [-0.05, 0) is 39.5 Å². The number of fused-ring (bicyclic) bond motifs is 3. The predicted molar refractivity (Wildman–Crippen MR) is 80.7 cm³/mol. The van der Waals surface area contributed by atoms with Gasteiger partial charge in [0.2, 0.25) is 0 Å². The fourth-order valence-corrected chi connectivity index (χ4v) is 4.47. The molecule has 4 atom stereocenters. The van der Waals surface area contributed by atoms with Crippen LogP contribution >= 0.6 is 23.0 Å². The van der Waals surface area contributed by atoms with E-state index in [2.05, 4.69) is 20.4 Å². The van der Waals surface area contributed by atoms with E-state index in [1.807, 2.05) is 23.0 Å². The van der Waals surface area contributed by atoms with Gasteiger partial charge in [0.15, 0.2) is 0 Å². The fraction of sp³-hybridized carbons (Fsp3) is 0.667. The van der Waals surface area contributed by atoms with Crippen molar-refractivity contribution >= 4 is 29.0 Å². The van der Waals surface area contributed by atoms with Crippen molar-refractivity contribution in [2.45, 2.75) is 51.2 Å². The van der Waals surface area contributed by atoms with Crippen LogP contribution < -0.4 is 0 Å². The predicted octanol–water partition coefficient (Wildman–Crippen LogP) is 3.73. The smallest absolute Gasteiger partial charge is 0.334 e. The summed E-state index contributed by atoms with van der Waals surface area (Å²) >= 11 is 1.99. The SMILES string of the molecule is C=C1C(=O)O[C@H]2[C@H]1CCC(C)=C1CC[C@@](C)(OI)[C@@H]12. The van der Waals surface area contributed by atoms with Gasteiger partial charge in [-0.1, -0.05) is 17.7 Å². The molecule has 0 aromatic carbocycles. The first kappa shape index (κ1) is 13.6. The summed E-state index contributed by atoms with van der Waals surface area (Å²) in [5, 5.41) is 0. The highest BCUT2D eigenvalue weighted by atomic mass is 127. The first-order valence-corrected chi connectivity index (χ1v) is 7.74. The lowest BCUT2D eigenvalue weighted by Gasteiger charge is -2.34. The van der Waals surface area contributed by atoms with Crippen molar-refractivity contribution in [3.8, 4) is 0 Å². The molecule has 0 unspecified atom stereocenters. The van der Waals surface area contributed by atoms with Crippen molar-refractivity contribution in [1.29, 1.82) is 0 Å². The maximum Gasteiger partial charge on any atom is 0.334 e. The molecule has 104 valence electrons. The number of hydrogen-bond acceptors (Lipinski definition) is 3. The highest BCUT2D eigenvalue weighted by molar-refractivity contribution is 14.1. The van der Waals surface area contributed by atoms with E-state index in [-0.39, 0.29) is 29.5 Å². The lowest BCUT2D eigenvalue weighted by molar-refractivity contribution is -0.142. The summed E-state index contributed by atoms with van der Waals surface area (Å²) in [4.78, 5) is 11.8. The van der Waals surface area contributed by atoms with Gasteiger partial charge in [0.25, 0.3) is 0 Å². The third-order valence-corrected chi connectivity index (χ3v) is 6.16. The van der Waals surface area contributed by atoms with Crippen LogP contribution in [0.2, 0.25) is 0 Å². The zero-order chi connectivity index (χ0) is 13.8. The third-order valence-electron chi connectivity index (χ3n) is 5.16. The van der Waals surface area contributed by atoms with E-state index in [9.17, 15) is 4.79 Å². The Morgan fingerprint density at radius 1 is 1.47 bits per heavy atom. The second-order valence-electron chi connectivity index (χ2n) is 6.21. The molecular formula is C15H19IO3. The van der Waals surface area contributed by atoms with E-state index in [1.54, 1.807) is 0 Å². The standard InChI is InChI=1S/C15H19IO3/c1-8-4-5-11-9(2)14(17)18-13(11)12-10(8)6-7-15(12,3)19-16/h11-13H,2,4-7H2,1,3H3/t11-,12-,13-,15+/m0/s1. The molecular weight excluding hydrogens is 355 g/mol. The molecule has 3 rings (SSSR count). The average Bonchev–Trinajstić information content (AvgIpc) is 2.82. The molecule has 2 fully saturated rings. The van der Waals surface area contributed by atoms with Crippen LogP contribution in [0.5, 0.6) is 0 Å². The van der Waals surface area contributed by atoms with Crippen LogP contribution in [-0.4, -0.2) is 17.7 Å². The lowest BCUT2D eigenvalue weighted by Crippen LogP contribution is -2.41. The van der Waals surface area contributed by atoms with Gasteiger partial charge in [0, 0.05) is 17.4 Å². The second kappa shape index (κ2) is 4.58. The summed E-state index contributed by atoms with van der Waals surface area (Å²) in [6, 6.07) is 0. The van der Waals surface area contributed by atoms with Crippen molar-refractivity contribution in [3.05, 3.63) is 23.3 Å². The zero-order valence-corrected chi connectivity index (χ0v) is 13.5. The topological polar surface area (TPSA) is 35.5 Å². The summed E-state index contributed by atoms with van der Waals surface area (Å²) in [5.41, 5.74) is 3.34. The van der Waals surface area contributed by atoms with E-state index in [0.717, 1.165) is 25.7 Å². The van der Waals surface area contributed by atoms with Gasteiger partial charge in [0.1, 0.15) is 29.1 Å². The Morgan fingerprint density at radius 3 is 2.89 bits per heavy atom. The molecule has 0 radical (unpaired) electrons. The van der Waals surface area contributed by atoms with Crippen LogP contribution in [0.4, 0.5) is 0 Å². The Morgan fingerprint density at radius 2 is 2.21 bits per heavy atom. The quantitative estimate of drug-likeness (QED) is 0.304. The normalized spacial score (nSPS) is 41.9. The second-order valence-corrected chi connectivity index (χ2v) is 6.65. The van der Waals surface area contributed by atoms with E-state index in [4.69, 9.17) is 7.80 Å². The lowest BCUT2D eigenvalue weighted by atomic mass is 9.79. The van der Waals surface area contributed by atoms with Crippen LogP contribution in [0.3, 0.4) is 0 Å². The molecule has 0 aromatic heterocycles. The molecule has 0 spiro atoms. The summed E-state index contributed by atoms with van der Waals surface area (Å²) in [5.74, 6) is 0.144. The average molecular weight is 374 g/mol. The van der Waals surface area contributed by atoms with Gasteiger partial charge in [-0.25, -0.2) is 4.79 Å². The molecule has 4 heteroatoms. The van der Waals surface area contributed by atoms with E-state index in [1.165, 1.54) is 11.1 Å². The zero-order valence-electron chi connectivity index (χ0n) is 11.4. The molecule has 1 heterocycles. The summed E-state index contributed by atoms with van der Waals surface area (Å²) in [6.45, 7) is 8.29. The Hall–Kier alpha value is -0.360. The summed E-state index contributed by atoms with van der Waals surface area (Å²) < 4.78 is 11.4. The Balaban J connectivity index is 2.06. The van der Waals surface area contributed by atoms with E-state index < -0.39 is 0 Å². The van der Waals surface area contributed by atoms with E-state index in [0.29, 0.717) is 5.57 Å². The summed E-state index contributed by atoms with van der Waals surface area (Å²) in [7, 11) is 0. The number of rotatable bonds is 1. The van der Waals surface area contributed by atoms with Crippen LogP contribution in [0.25, 0.3) is 0 Å². The monoisotopic (exact) mass is 374 g/mol. The molecule has 0 bridgehead atoms. The Labute approximate surface area is 128 Å². The summed E-state index contributed by atoms with van der Waals surface area (Å²) in [6.07, 6.45) is 4.00. The number of allylic oxidation sites excluding steroid dienone is 1. The number of carbonyl (C=O) groups excluding carboxylic acids is 1. The number of carbonyl (C=O) groups is 1. The first-order chi connectivity index (χ1) is 8.98. The molecule has 3 nitrogen and oxygen atoms in total. The van der Waals surface area contributed by atoms with Crippen LogP contribution in [0.1, 0.15) is 39.5 Å². The molecule has 1 saturated heterocycles.